The molecule has 1 aliphatic heterocycles. The molecule has 1 aromatic carbocycles. The number of halogens is 1. The van der Waals surface area contributed by atoms with Crippen molar-refractivity contribution in [3.63, 3.8) is 0 Å². The molecule has 0 aromatic heterocycles. The van der Waals surface area contributed by atoms with Crippen molar-refractivity contribution >= 4 is 31.9 Å². The lowest BCUT2D eigenvalue weighted by Crippen LogP contribution is -2.32. The fourth-order valence-electron chi connectivity index (χ4n) is 2.18. The van der Waals surface area contributed by atoms with E-state index in [4.69, 9.17) is 0 Å². The van der Waals surface area contributed by atoms with E-state index in [1.165, 1.54) is 4.31 Å². The van der Waals surface area contributed by atoms with Crippen LogP contribution < -0.4 is 0 Å². The van der Waals surface area contributed by atoms with Crippen LogP contribution in [0.15, 0.2) is 33.6 Å². The van der Waals surface area contributed by atoms with Gasteiger partial charge < -0.3 is 4.90 Å². The van der Waals surface area contributed by atoms with Crippen LogP contribution in [-0.4, -0.2) is 42.8 Å². The highest BCUT2D eigenvalue weighted by molar-refractivity contribution is 9.10. The van der Waals surface area contributed by atoms with E-state index in [1.807, 2.05) is 0 Å². The van der Waals surface area contributed by atoms with E-state index in [0.29, 0.717) is 4.47 Å². The average Bonchev–Trinajstić information content (AvgIpc) is 3.12. The monoisotopic (exact) mass is 344 g/mol. The number of hydrogen-bond acceptors (Lipinski definition) is 3. The summed E-state index contributed by atoms with van der Waals surface area (Å²) in [4.78, 5) is 13.7. The normalized spacial score (nSPS) is 21.1. The van der Waals surface area contributed by atoms with E-state index >= 15 is 0 Å². The summed E-state index contributed by atoms with van der Waals surface area (Å²) < 4.78 is 26.8. The SMILES string of the molecule is O=C1CN(S(=O)(=O)c2cccc(Br)c2)CN1C1CC1. The Morgan fingerprint density at radius 1 is 1.26 bits per heavy atom. The molecular weight excluding hydrogens is 332 g/mol. The van der Waals surface area contributed by atoms with Crippen molar-refractivity contribution in [2.45, 2.75) is 23.8 Å². The van der Waals surface area contributed by atoms with Gasteiger partial charge in [0, 0.05) is 10.5 Å². The molecule has 3 rings (SSSR count). The van der Waals surface area contributed by atoms with Crippen LogP contribution in [0.3, 0.4) is 0 Å². The maximum absolute atomic E-state index is 12.4. The minimum atomic E-state index is -3.59. The summed E-state index contributed by atoms with van der Waals surface area (Å²) in [6.07, 6.45) is 1.97. The van der Waals surface area contributed by atoms with Gasteiger partial charge in [0.15, 0.2) is 0 Å². The number of carbonyl (C=O) groups is 1. The van der Waals surface area contributed by atoms with Gasteiger partial charge >= 0.3 is 0 Å². The van der Waals surface area contributed by atoms with Gasteiger partial charge in [0.2, 0.25) is 15.9 Å². The quantitative estimate of drug-likeness (QED) is 0.832. The van der Waals surface area contributed by atoms with E-state index < -0.39 is 10.0 Å². The topological polar surface area (TPSA) is 57.7 Å². The van der Waals surface area contributed by atoms with Gasteiger partial charge in [0.05, 0.1) is 18.1 Å². The van der Waals surface area contributed by atoms with Gasteiger partial charge in [-0.15, -0.1) is 0 Å². The fourth-order valence-corrected chi connectivity index (χ4v) is 4.12. The maximum Gasteiger partial charge on any atom is 0.245 e. The van der Waals surface area contributed by atoms with Gasteiger partial charge in [-0.1, -0.05) is 22.0 Å². The zero-order valence-corrected chi connectivity index (χ0v) is 12.5. The van der Waals surface area contributed by atoms with E-state index in [9.17, 15) is 13.2 Å². The fraction of sp³-hybridized carbons (Fsp3) is 0.417. The lowest BCUT2D eigenvalue weighted by atomic mass is 10.4. The number of nitrogens with zero attached hydrogens (tertiary/aromatic N) is 2. The molecule has 1 aliphatic carbocycles. The molecule has 102 valence electrons. The van der Waals surface area contributed by atoms with E-state index in [-0.39, 0.29) is 30.1 Å². The molecule has 2 fully saturated rings. The summed E-state index contributed by atoms with van der Waals surface area (Å²) in [5.41, 5.74) is 0. The van der Waals surface area contributed by atoms with Crippen LogP contribution in [0.2, 0.25) is 0 Å². The number of benzene rings is 1. The molecule has 0 N–H and O–H groups in total. The first-order valence-corrected chi connectivity index (χ1v) is 8.27. The molecule has 7 heteroatoms. The molecule has 0 atom stereocenters. The zero-order chi connectivity index (χ0) is 13.6. The Morgan fingerprint density at radius 3 is 2.63 bits per heavy atom. The van der Waals surface area contributed by atoms with Crippen molar-refractivity contribution in [3.8, 4) is 0 Å². The third kappa shape index (κ3) is 2.42. The lowest BCUT2D eigenvalue weighted by Gasteiger charge is -2.17. The molecule has 1 saturated carbocycles. The summed E-state index contributed by atoms with van der Waals surface area (Å²) in [5, 5.41) is 0. The molecule has 1 saturated heterocycles. The second-order valence-corrected chi connectivity index (χ2v) is 7.66. The predicted octanol–water partition coefficient (Wildman–Crippen LogP) is 1.40. The first-order chi connectivity index (χ1) is 8.98. The van der Waals surface area contributed by atoms with E-state index in [1.54, 1.807) is 29.2 Å². The van der Waals surface area contributed by atoms with Gasteiger partial charge in [-0.3, -0.25) is 4.79 Å². The third-order valence-corrected chi connectivity index (χ3v) is 5.63. The Hall–Kier alpha value is -0.920. The van der Waals surface area contributed by atoms with Crippen LogP contribution in [0.1, 0.15) is 12.8 Å². The maximum atomic E-state index is 12.4. The van der Waals surface area contributed by atoms with E-state index in [2.05, 4.69) is 15.9 Å². The van der Waals surface area contributed by atoms with Crippen molar-refractivity contribution in [2.24, 2.45) is 0 Å². The molecule has 0 bridgehead atoms. The van der Waals surface area contributed by atoms with Crippen molar-refractivity contribution in [2.75, 3.05) is 13.2 Å². The lowest BCUT2D eigenvalue weighted by molar-refractivity contribution is -0.127. The Bertz CT molecular complexity index is 628. The minimum absolute atomic E-state index is 0.0503. The molecule has 0 unspecified atom stereocenters. The van der Waals surface area contributed by atoms with Gasteiger partial charge in [-0.05, 0) is 31.0 Å². The molecule has 1 heterocycles. The largest absolute Gasteiger partial charge is 0.325 e. The summed E-state index contributed by atoms with van der Waals surface area (Å²) in [6.45, 7) is 0.129. The number of amides is 1. The van der Waals surface area contributed by atoms with Gasteiger partial charge in [-0.2, -0.15) is 4.31 Å². The van der Waals surface area contributed by atoms with Gasteiger partial charge in [0.1, 0.15) is 0 Å². The second kappa shape index (κ2) is 4.57. The van der Waals surface area contributed by atoms with Crippen LogP contribution >= 0.6 is 15.9 Å². The average molecular weight is 345 g/mol. The highest BCUT2D eigenvalue weighted by Crippen LogP contribution is 2.31. The zero-order valence-electron chi connectivity index (χ0n) is 10.1. The highest BCUT2D eigenvalue weighted by Gasteiger charge is 2.42. The van der Waals surface area contributed by atoms with Crippen molar-refractivity contribution < 1.29 is 13.2 Å². The van der Waals surface area contributed by atoms with E-state index in [0.717, 1.165) is 12.8 Å². The van der Waals surface area contributed by atoms with Crippen LogP contribution in [0.25, 0.3) is 0 Å². The Balaban J connectivity index is 1.87. The Kier molecular flexibility index (Phi) is 3.15. The first kappa shape index (κ1) is 13.1. The molecule has 19 heavy (non-hydrogen) atoms. The molecule has 2 aliphatic rings. The summed E-state index contributed by atoms with van der Waals surface area (Å²) in [6, 6.07) is 6.79. The minimum Gasteiger partial charge on any atom is -0.325 e. The van der Waals surface area contributed by atoms with Crippen molar-refractivity contribution in [1.82, 2.24) is 9.21 Å². The van der Waals surface area contributed by atoms with Crippen LogP contribution in [0, 0.1) is 0 Å². The van der Waals surface area contributed by atoms with Crippen molar-refractivity contribution in [1.29, 1.82) is 0 Å². The summed E-state index contributed by atoms with van der Waals surface area (Å²) >= 11 is 3.26. The number of carbonyl (C=O) groups excluding carboxylic acids is 1. The van der Waals surface area contributed by atoms with Gasteiger partial charge in [-0.25, -0.2) is 8.42 Å². The molecule has 1 aromatic rings. The standard InChI is InChI=1S/C12H13BrN2O3S/c13-9-2-1-3-11(6-9)19(17,18)14-7-12(16)15(8-14)10-4-5-10/h1-3,6,10H,4-5,7-8H2. The first-order valence-electron chi connectivity index (χ1n) is 6.04. The molecule has 0 radical (unpaired) electrons. The predicted molar refractivity (Wildman–Crippen MR) is 72.8 cm³/mol. The Morgan fingerprint density at radius 2 is 2.00 bits per heavy atom. The summed E-state index contributed by atoms with van der Waals surface area (Å²) in [5.74, 6) is -0.0962. The van der Waals surface area contributed by atoms with Crippen molar-refractivity contribution in [3.05, 3.63) is 28.7 Å². The molecule has 0 spiro atoms. The van der Waals surface area contributed by atoms with Crippen LogP contribution in [-0.2, 0) is 14.8 Å². The number of rotatable bonds is 3. The van der Waals surface area contributed by atoms with Crippen LogP contribution in [0.4, 0.5) is 0 Å². The number of sulfonamides is 1. The third-order valence-electron chi connectivity index (χ3n) is 3.36. The second-order valence-electron chi connectivity index (χ2n) is 4.81. The van der Waals surface area contributed by atoms with Crippen LogP contribution in [0.5, 0.6) is 0 Å². The smallest absolute Gasteiger partial charge is 0.245 e. The molecule has 1 amide bonds. The number of hydrogen-bond donors (Lipinski definition) is 0. The highest BCUT2D eigenvalue weighted by atomic mass is 79.9. The molecular formula is C12H13BrN2O3S. The van der Waals surface area contributed by atoms with Gasteiger partial charge in [0.25, 0.3) is 0 Å². The molecule has 5 nitrogen and oxygen atoms in total. The summed E-state index contributed by atoms with van der Waals surface area (Å²) in [7, 11) is -3.59. The Labute approximate surface area is 120 Å².